The van der Waals surface area contributed by atoms with E-state index in [1.165, 1.54) is 4.68 Å². The number of hydrogen-bond donors (Lipinski definition) is 1. The summed E-state index contributed by atoms with van der Waals surface area (Å²) in [7, 11) is 0. The van der Waals surface area contributed by atoms with Gasteiger partial charge in [0.25, 0.3) is 6.33 Å². The quantitative estimate of drug-likeness (QED) is 0.235. The van der Waals surface area contributed by atoms with Crippen LogP contribution in [0, 0.1) is 0 Å². The lowest BCUT2D eigenvalue weighted by atomic mass is 11.0. The van der Waals surface area contributed by atoms with Crippen LogP contribution in [0.15, 0.2) is 23.9 Å². The van der Waals surface area contributed by atoms with Crippen LogP contribution in [-0.4, -0.2) is 4.98 Å². The van der Waals surface area contributed by atoms with Crippen LogP contribution in [0.4, 0.5) is 0 Å². The van der Waals surface area contributed by atoms with Gasteiger partial charge in [0, 0.05) is 5.53 Å². The minimum Gasteiger partial charge on any atom is -0.308 e. The van der Waals surface area contributed by atoms with Crippen molar-refractivity contribution in [3.05, 3.63) is 29.2 Å². The molecule has 1 rings (SSSR count). The Morgan fingerprint density at radius 1 is 1.75 bits per heavy atom. The predicted octanol–water partition coefficient (Wildman–Crippen LogP) is 0.376. The summed E-state index contributed by atoms with van der Waals surface area (Å²) in [4.78, 5) is 5.26. The van der Waals surface area contributed by atoms with Gasteiger partial charge in [-0.15, -0.1) is 0 Å². The minimum absolute atomic E-state index is 1.33. The van der Waals surface area contributed by atoms with E-state index in [0.29, 0.717) is 0 Å². The maximum Gasteiger partial charge on any atom is 0.261 e. The van der Waals surface area contributed by atoms with Crippen LogP contribution in [0.3, 0.4) is 0 Å². The lowest BCUT2D eigenvalue weighted by Crippen LogP contribution is -2.20. The second-order valence-electron chi connectivity index (χ2n) is 1.17. The molecule has 40 valence electrons. The molecule has 0 saturated heterocycles. The maximum absolute atomic E-state index is 7.86. The van der Waals surface area contributed by atoms with Crippen molar-refractivity contribution in [2.24, 2.45) is 5.22 Å². The van der Waals surface area contributed by atoms with Crippen molar-refractivity contribution >= 4 is 0 Å². The van der Waals surface area contributed by atoms with Gasteiger partial charge < -0.3 is 4.98 Å². The van der Waals surface area contributed by atoms with Crippen LogP contribution in [-0.2, 0) is 0 Å². The molecule has 1 heterocycles. The highest BCUT2D eigenvalue weighted by Gasteiger charge is 1.89. The van der Waals surface area contributed by atoms with Crippen LogP contribution >= 0.6 is 0 Å². The van der Waals surface area contributed by atoms with Crippen LogP contribution < -0.4 is 4.68 Å². The van der Waals surface area contributed by atoms with E-state index >= 15 is 0 Å². The number of imidazole rings is 1. The van der Waals surface area contributed by atoms with Gasteiger partial charge in [-0.2, -0.15) is 0 Å². The average Bonchev–Trinajstić information content (AvgIpc) is 2.19. The summed E-state index contributed by atoms with van der Waals surface area (Å²) < 4.78 is 1.33. The maximum atomic E-state index is 7.86. The van der Waals surface area contributed by atoms with Crippen molar-refractivity contribution in [1.82, 2.24) is 4.98 Å². The molecule has 0 aliphatic rings. The van der Waals surface area contributed by atoms with Gasteiger partial charge in [0.05, 0.1) is 11.1 Å². The third kappa shape index (κ3) is 0.772. The Hall–Kier alpha value is -1.48. The van der Waals surface area contributed by atoms with Crippen LogP contribution in [0.25, 0.3) is 10.4 Å². The van der Waals surface area contributed by atoms with Gasteiger partial charge in [-0.05, 0) is 0 Å². The van der Waals surface area contributed by atoms with E-state index in [-0.39, 0.29) is 0 Å². The molecule has 0 unspecified atom stereocenters. The van der Waals surface area contributed by atoms with Crippen molar-refractivity contribution < 1.29 is 4.68 Å². The molecule has 0 aliphatic heterocycles. The molecule has 0 aromatic carbocycles. The largest absolute Gasteiger partial charge is 0.308 e. The van der Waals surface area contributed by atoms with E-state index in [9.17, 15) is 0 Å². The Labute approximate surface area is 45.2 Å². The summed E-state index contributed by atoms with van der Waals surface area (Å²) in [6.45, 7) is 0. The molecule has 0 aliphatic carbocycles. The number of aromatic nitrogens is 2. The first-order chi connectivity index (χ1) is 3.93. The van der Waals surface area contributed by atoms with Crippen molar-refractivity contribution in [3.63, 3.8) is 0 Å². The van der Waals surface area contributed by atoms with Gasteiger partial charge in [-0.1, -0.05) is 4.68 Å². The molecule has 5 nitrogen and oxygen atoms in total. The summed E-state index contributed by atoms with van der Waals surface area (Å²) in [5.74, 6) is 0. The zero-order valence-electron chi connectivity index (χ0n) is 4.02. The van der Waals surface area contributed by atoms with Crippen molar-refractivity contribution in [3.8, 4) is 0 Å². The minimum atomic E-state index is 1.33. The number of H-pyrrole nitrogens is 1. The molecule has 5 heteroatoms. The molecule has 8 heavy (non-hydrogen) atoms. The van der Waals surface area contributed by atoms with E-state index in [0.717, 1.165) is 0 Å². The molecular formula is C3H4N5+. The fourth-order valence-electron chi connectivity index (χ4n) is 0.384. The summed E-state index contributed by atoms with van der Waals surface area (Å²) >= 11 is 0. The van der Waals surface area contributed by atoms with E-state index in [4.69, 9.17) is 5.53 Å². The Morgan fingerprint density at radius 3 is 3.12 bits per heavy atom. The van der Waals surface area contributed by atoms with Gasteiger partial charge in [-0.3, -0.25) is 0 Å². The average molecular weight is 110 g/mol. The number of aromatic amines is 1. The zero-order chi connectivity index (χ0) is 5.82. The second kappa shape index (κ2) is 1.99. The van der Waals surface area contributed by atoms with Crippen LogP contribution in [0.2, 0.25) is 0 Å². The highest BCUT2D eigenvalue weighted by molar-refractivity contribution is 4.55. The molecule has 0 saturated carbocycles. The van der Waals surface area contributed by atoms with E-state index in [1.807, 2.05) is 0 Å². The lowest BCUT2D eigenvalue weighted by Gasteiger charge is -1.61. The Bertz CT molecular complexity index is 193. The first-order valence-electron chi connectivity index (χ1n) is 2.03. The van der Waals surface area contributed by atoms with Crippen molar-refractivity contribution in [1.29, 1.82) is 0 Å². The van der Waals surface area contributed by atoms with Gasteiger partial charge in [-0.25, -0.2) is 0 Å². The fourth-order valence-corrected chi connectivity index (χ4v) is 0.384. The Morgan fingerprint density at radius 2 is 2.62 bits per heavy atom. The SMILES string of the molecule is [N-]=[N+]=N[n+]1cc[nH]c1. The lowest BCUT2D eigenvalue weighted by molar-refractivity contribution is -0.680. The number of azide groups is 1. The van der Waals surface area contributed by atoms with E-state index in [2.05, 4.69) is 15.1 Å². The van der Waals surface area contributed by atoms with Crippen molar-refractivity contribution in [2.75, 3.05) is 0 Å². The van der Waals surface area contributed by atoms with Gasteiger partial charge in [0.2, 0.25) is 11.4 Å². The van der Waals surface area contributed by atoms with Gasteiger partial charge in [0.15, 0.2) is 0 Å². The van der Waals surface area contributed by atoms with Crippen LogP contribution in [0.5, 0.6) is 0 Å². The molecule has 0 fully saturated rings. The molecule has 1 aromatic rings. The molecule has 0 bridgehead atoms. The molecule has 1 aromatic heterocycles. The predicted molar refractivity (Wildman–Crippen MR) is 25.5 cm³/mol. The number of rotatable bonds is 1. The molecule has 0 radical (unpaired) electrons. The highest BCUT2D eigenvalue weighted by Crippen LogP contribution is 1.66. The smallest absolute Gasteiger partial charge is 0.261 e. The number of nitrogens with one attached hydrogen (secondary N) is 1. The molecule has 0 amide bonds. The summed E-state index contributed by atoms with van der Waals surface area (Å²) in [5.41, 5.74) is 7.86. The normalized spacial score (nSPS) is 8.00. The Kier molecular flexibility index (Phi) is 1.16. The number of hydrogen-bond acceptors (Lipinski definition) is 1. The highest BCUT2D eigenvalue weighted by atomic mass is 15.5. The third-order valence-corrected chi connectivity index (χ3v) is 0.674. The topological polar surface area (TPSA) is 68.4 Å². The molecular weight excluding hydrogens is 106 g/mol. The first-order valence-corrected chi connectivity index (χ1v) is 2.03. The van der Waals surface area contributed by atoms with Gasteiger partial charge in [0.1, 0.15) is 0 Å². The van der Waals surface area contributed by atoms with E-state index < -0.39 is 0 Å². The van der Waals surface area contributed by atoms with Gasteiger partial charge >= 0.3 is 0 Å². The summed E-state index contributed by atoms with van der Waals surface area (Å²) in [6, 6.07) is 0. The molecule has 0 atom stereocenters. The Balaban J connectivity index is 2.93. The molecule has 0 spiro atoms. The monoisotopic (exact) mass is 110 g/mol. The second-order valence-corrected chi connectivity index (χ2v) is 1.17. The fraction of sp³-hybridized carbons (Fsp3) is 0. The molecule has 1 N–H and O–H groups in total. The summed E-state index contributed by atoms with van der Waals surface area (Å²) in [6.07, 6.45) is 4.81. The zero-order valence-corrected chi connectivity index (χ0v) is 4.02. The number of nitrogens with zero attached hydrogens (tertiary/aromatic N) is 4. The third-order valence-electron chi connectivity index (χ3n) is 0.674. The standard InChI is InChI=1S/C3H3N5/c4-6-7-8-2-1-5-3-8/h1-3H/p+1. The summed E-state index contributed by atoms with van der Waals surface area (Å²) in [5, 5.41) is 3.23. The van der Waals surface area contributed by atoms with Crippen molar-refractivity contribution in [2.45, 2.75) is 0 Å². The van der Waals surface area contributed by atoms with Crippen LogP contribution in [0.1, 0.15) is 0 Å². The first kappa shape index (κ1) is 4.67. The van der Waals surface area contributed by atoms with E-state index in [1.54, 1.807) is 18.7 Å².